The zero-order chi connectivity index (χ0) is 17.5. The van der Waals surface area contributed by atoms with E-state index < -0.39 is 0 Å². The number of hydrogen-bond acceptors (Lipinski definition) is 5. The Hall–Kier alpha value is -2.82. The summed E-state index contributed by atoms with van der Waals surface area (Å²) in [5.74, 6) is 2.78. The second kappa shape index (κ2) is 8.33. The summed E-state index contributed by atoms with van der Waals surface area (Å²) in [6, 6.07) is 16.2. The maximum absolute atomic E-state index is 5.36. The fourth-order valence-corrected chi connectivity index (χ4v) is 2.73. The van der Waals surface area contributed by atoms with Crippen molar-refractivity contribution in [2.45, 2.75) is 25.7 Å². The summed E-state index contributed by atoms with van der Waals surface area (Å²) in [7, 11) is 3.25. The molecule has 130 valence electrons. The van der Waals surface area contributed by atoms with E-state index in [4.69, 9.17) is 14.0 Å². The summed E-state index contributed by atoms with van der Waals surface area (Å²) in [5, 5.41) is 4.08. The minimum Gasteiger partial charge on any atom is -0.493 e. The number of aromatic nitrogens is 2. The van der Waals surface area contributed by atoms with Crippen LogP contribution in [0.15, 0.2) is 53.1 Å². The van der Waals surface area contributed by atoms with Gasteiger partial charge >= 0.3 is 0 Å². The highest BCUT2D eigenvalue weighted by atomic mass is 16.5. The number of aryl methyl sites for hydroxylation is 2. The Morgan fingerprint density at radius 1 is 0.880 bits per heavy atom. The van der Waals surface area contributed by atoms with E-state index in [2.05, 4.69) is 34.4 Å². The van der Waals surface area contributed by atoms with Crippen molar-refractivity contribution in [3.05, 3.63) is 71.4 Å². The first-order valence-corrected chi connectivity index (χ1v) is 8.35. The van der Waals surface area contributed by atoms with Crippen molar-refractivity contribution in [2.24, 2.45) is 0 Å². The van der Waals surface area contributed by atoms with E-state index in [-0.39, 0.29) is 0 Å². The van der Waals surface area contributed by atoms with E-state index in [9.17, 15) is 0 Å². The summed E-state index contributed by atoms with van der Waals surface area (Å²) in [6.45, 7) is 0. The fourth-order valence-electron chi connectivity index (χ4n) is 2.73. The molecule has 0 radical (unpaired) electrons. The van der Waals surface area contributed by atoms with E-state index >= 15 is 0 Å². The van der Waals surface area contributed by atoms with Gasteiger partial charge in [0.2, 0.25) is 5.89 Å². The quantitative estimate of drug-likeness (QED) is 0.624. The lowest BCUT2D eigenvalue weighted by molar-refractivity contribution is 0.354. The topological polar surface area (TPSA) is 57.4 Å². The molecule has 5 nitrogen and oxygen atoms in total. The van der Waals surface area contributed by atoms with Gasteiger partial charge < -0.3 is 14.0 Å². The number of rotatable bonds is 8. The first kappa shape index (κ1) is 17.0. The highest BCUT2D eigenvalue weighted by Crippen LogP contribution is 2.28. The van der Waals surface area contributed by atoms with Crippen molar-refractivity contribution < 1.29 is 14.0 Å². The van der Waals surface area contributed by atoms with Crippen LogP contribution in [-0.2, 0) is 19.3 Å². The maximum atomic E-state index is 5.36. The number of methoxy groups -OCH3 is 2. The van der Waals surface area contributed by atoms with Crippen molar-refractivity contribution in [1.82, 2.24) is 10.1 Å². The van der Waals surface area contributed by atoms with E-state index in [1.54, 1.807) is 14.2 Å². The van der Waals surface area contributed by atoms with Crippen LogP contribution in [0.3, 0.4) is 0 Å². The van der Waals surface area contributed by atoms with E-state index in [1.807, 2.05) is 24.3 Å². The number of benzene rings is 2. The molecule has 3 aromatic rings. The minimum absolute atomic E-state index is 0.600. The molecule has 1 aromatic heterocycles. The fraction of sp³-hybridized carbons (Fsp3) is 0.300. The average Bonchev–Trinajstić information content (AvgIpc) is 3.09. The average molecular weight is 338 g/mol. The van der Waals surface area contributed by atoms with Gasteiger partial charge in [-0.15, -0.1) is 0 Å². The maximum Gasteiger partial charge on any atom is 0.226 e. The molecule has 25 heavy (non-hydrogen) atoms. The van der Waals surface area contributed by atoms with Crippen molar-refractivity contribution >= 4 is 0 Å². The van der Waals surface area contributed by atoms with Crippen LogP contribution in [0.2, 0.25) is 0 Å². The molecule has 0 amide bonds. The Morgan fingerprint density at radius 3 is 2.44 bits per heavy atom. The molecule has 2 aromatic carbocycles. The van der Waals surface area contributed by atoms with Crippen LogP contribution in [-0.4, -0.2) is 24.4 Å². The van der Waals surface area contributed by atoms with Gasteiger partial charge in [0.25, 0.3) is 0 Å². The van der Waals surface area contributed by atoms with Crippen molar-refractivity contribution in [3.8, 4) is 11.5 Å². The molecule has 0 fully saturated rings. The van der Waals surface area contributed by atoms with Crippen LogP contribution in [0.25, 0.3) is 0 Å². The SMILES string of the molecule is COc1ccc(Cc2noc(CCCc3ccccc3)n2)cc1OC. The van der Waals surface area contributed by atoms with Crippen LogP contribution in [0.5, 0.6) is 11.5 Å². The van der Waals surface area contributed by atoms with Gasteiger partial charge in [-0.2, -0.15) is 4.98 Å². The molecule has 0 bridgehead atoms. The number of hydrogen-bond donors (Lipinski definition) is 0. The highest BCUT2D eigenvalue weighted by Gasteiger charge is 2.10. The minimum atomic E-state index is 0.600. The Morgan fingerprint density at radius 2 is 1.68 bits per heavy atom. The third-order valence-corrected chi connectivity index (χ3v) is 4.02. The largest absolute Gasteiger partial charge is 0.493 e. The molecule has 1 heterocycles. The molecule has 0 saturated carbocycles. The summed E-state index contributed by atoms with van der Waals surface area (Å²) in [4.78, 5) is 4.48. The zero-order valence-electron chi connectivity index (χ0n) is 14.6. The summed E-state index contributed by atoms with van der Waals surface area (Å²) in [6.07, 6.45) is 3.38. The summed E-state index contributed by atoms with van der Waals surface area (Å²) < 4.78 is 15.9. The molecule has 0 N–H and O–H groups in total. The first-order valence-electron chi connectivity index (χ1n) is 8.35. The number of nitrogens with zero attached hydrogens (tertiary/aromatic N) is 2. The van der Waals surface area contributed by atoms with Crippen LogP contribution in [0.1, 0.15) is 29.3 Å². The molecular weight excluding hydrogens is 316 g/mol. The van der Waals surface area contributed by atoms with Crippen LogP contribution in [0, 0.1) is 0 Å². The van der Waals surface area contributed by atoms with Crippen LogP contribution < -0.4 is 9.47 Å². The van der Waals surface area contributed by atoms with Crippen molar-refractivity contribution in [2.75, 3.05) is 14.2 Å². The third kappa shape index (κ3) is 4.59. The van der Waals surface area contributed by atoms with Gasteiger partial charge in [-0.25, -0.2) is 0 Å². The molecular formula is C20H22N2O3. The van der Waals surface area contributed by atoms with E-state index in [1.165, 1.54) is 5.56 Å². The normalized spacial score (nSPS) is 10.6. The lowest BCUT2D eigenvalue weighted by atomic mass is 10.1. The van der Waals surface area contributed by atoms with Gasteiger partial charge in [-0.3, -0.25) is 0 Å². The lowest BCUT2D eigenvalue weighted by Crippen LogP contribution is -1.95. The summed E-state index contributed by atoms with van der Waals surface area (Å²) in [5.41, 5.74) is 2.38. The highest BCUT2D eigenvalue weighted by molar-refractivity contribution is 5.43. The molecule has 5 heteroatoms. The Balaban J connectivity index is 1.56. The summed E-state index contributed by atoms with van der Waals surface area (Å²) >= 11 is 0. The van der Waals surface area contributed by atoms with Crippen LogP contribution >= 0.6 is 0 Å². The van der Waals surface area contributed by atoms with Crippen molar-refractivity contribution in [1.29, 1.82) is 0 Å². The molecule has 0 saturated heterocycles. The Bertz CT molecular complexity index is 800. The van der Waals surface area contributed by atoms with Gasteiger partial charge in [0.1, 0.15) is 0 Å². The molecule has 3 rings (SSSR count). The Labute approximate surface area is 147 Å². The number of ether oxygens (including phenoxy) is 2. The molecule has 0 aliphatic carbocycles. The smallest absolute Gasteiger partial charge is 0.226 e. The van der Waals surface area contributed by atoms with Gasteiger partial charge in [0, 0.05) is 12.8 Å². The second-order valence-corrected chi connectivity index (χ2v) is 5.81. The van der Waals surface area contributed by atoms with E-state index in [0.29, 0.717) is 29.6 Å². The van der Waals surface area contributed by atoms with Gasteiger partial charge in [-0.1, -0.05) is 41.6 Å². The molecule has 0 aliphatic rings. The zero-order valence-corrected chi connectivity index (χ0v) is 14.6. The molecule has 0 aliphatic heterocycles. The third-order valence-electron chi connectivity index (χ3n) is 4.02. The van der Waals surface area contributed by atoms with E-state index in [0.717, 1.165) is 24.8 Å². The molecule has 0 spiro atoms. The van der Waals surface area contributed by atoms with Crippen LogP contribution in [0.4, 0.5) is 0 Å². The molecule has 0 atom stereocenters. The van der Waals surface area contributed by atoms with Gasteiger partial charge in [0.05, 0.1) is 14.2 Å². The standard InChI is InChI=1S/C20H22N2O3/c1-23-17-12-11-16(13-18(17)24-2)14-19-21-20(25-22-19)10-6-9-15-7-4-3-5-8-15/h3-5,7-8,11-13H,6,9-10,14H2,1-2H3. The second-order valence-electron chi connectivity index (χ2n) is 5.81. The predicted molar refractivity (Wildman–Crippen MR) is 95.1 cm³/mol. The lowest BCUT2D eigenvalue weighted by Gasteiger charge is -2.08. The van der Waals surface area contributed by atoms with Gasteiger partial charge in [0.15, 0.2) is 17.3 Å². The van der Waals surface area contributed by atoms with Gasteiger partial charge in [-0.05, 0) is 36.1 Å². The first-order chi connectivity index (χ1) is 12.3. The monoisotopic (exact) mass is 338 g/mol. The molecule has 0 unspecified atom stereocenters. The van der Waals surface area contributed by atoms with Crippen molar-refractivity contribution in [3.63, 3.8) is 0 Å². The Kier molecular flexibility index (Phi) is 5.67. The predicted octanol–water partition coefficient (Wildman–Crippen LogP) is 3.85.